The van der Waals surface area contributed by atoms with E-state index in [0.29, 0.717) is 19.0 Å². The van der Waals surface area contributed by atoms with Crippen LogP contribution in [-0.2, 0) is 14.4 Å². The van der Waals surface area contributed by atoms with Gasteiger partial charge in [-0.1, -0.05) is 61.0 Å². The molecule has 0 heterocycles. The molecule has 0 spiro atoms. The van der Waals surface area contributed by atoms with Crippen molar-refractivity contribution in [1.82, 2.24) is 10.6 Å². The zero-order chi connectivity index (χ0) is 22.7. The molecule has 2 rings (SSSR count). The van der Waals surface area contributed by atoms with Crippen LogP contribution in [0, 0.1) is 13.8 Å². The first-order valence-corrected chi connectivity index (χ1v) is 9.70. The van der Waals surface area contributed by atoms with Gasteiger partial charge < -0.3 is 20.8 Å². The number of carbonyl (C=O) groups is 3. The first-order valence-electron chi connectivity index (χ1n) is 9.70. The van der Waals surface area contributed by atoms with Crippen molar-refractivity contribution in [3.63, 3.8) is 0 Å². The minimum absolute atomic E-state index is 0.0370. The first kappa shape index (κ1) is 24.8. The number of aryl methyl sites for hydroxylation is 2. The molecule has 0 aliphatic rings. The summed E-state index contributed by atoms with van der Waals surface area (Å²) in [5.74, 6) is -3.30. The van der Waals surface area contributed by atoms with E-state index in [-0.39, 0.29) is 11.9 Å². The van der Waals surface area contributed by atoms with Crippen LogP contribution in [0.5, 0.6) is 0 Å². The monoisotopic (exact) mass is 414 g/mol. The molecule has 0 bridgehead atoms. The standard InChI is InChI=1S/C21H28N2O.C2H2O4/c1-15-10-11-16(2)20(12-15)18(4)22-14-21(24)23-13-17(3)19-8-6-5-7-9-19;3-1(4)2(5)6/h5-12,17-18,22H,13-14H2,1-4H3,(H,23,24);(H,3,4)(H,5,6). The highest BCUT2D eigenvalue weighted by Gasteiger charge is 2.11. The lowest BCUT2D eigenvalue weighted by molar-refractivity contribution is -0.159. The Kier molecular flexibility index (Phi) is 10.3. The lowest BCUT2D eigenvalue weighted by atomic mass is 10.00. The largest absolute Gasteiger partial charge is 0.473 e. The number of carboxylic acid groups (broad SMARTS) is 2. The molecule has 2 unspecified atom stereocenters. The summed E-state index contributed by atoms with van der Waals surface area (Å²) < 4.78 is 0. The fourth-order valence-corrected chi connectivity index (χ4v) is 2.81. The number of benzene rings is 2. The van der Waals surface area contributed by atoms with E-state index < -0.39 is 11.9 Å². The van der Waals surface area contributed by atoms with Gasteiger partial charge in [-0.15, -0.1) is 0 Å². The zero-order valence-electron chi connectivity index (χ0n) is 17.8. The highest BCUT2D eigenvalue weighted by atomic mass is 16.4. The second kappa shape index (κ2) is 12.4. The van der Waals surface area contributed by atoms with E-state index in [1.54, 1.807) is 0 Å². The number of hydrogen-bond acceptors (Lipinski definition) is 4. The van der Waals surface area contributed by atoms with Crippen LogP contribution in [0.1, 0.15) is 48.1 Å². The van der Waals surface area contributed by atoms with Crippen LogP contribution in [0.4, 0.5) is 0 Å². The Balaban J connectivity index is 0.000000656. The van der Waals surface area contributed by atoms with Crippen molar-refractivity contribution < 1.29 is 24.6 Å². The third-order valence-corrected chi connectivity index (χ3v) is 4.63. The van der Waals surface area contributed by atoms with Crippen molar-refractivity contribution in [2.24, 2.45) is 0 Å². The summed E-state index contributed by atoms with van der Waals surface area (Å²) in [6.07, 6.45) is 0. The molecule has 0 aliphatic carbocycles. The van der Waals surface area contributed by atoms with Crippen molar-refractivity contribution in [1.29, 1.82) is 0 Å². The van der Waals surface area contributed by atoms with Crippen molar-refractivity contribution in [2.75, 3.05) is 13.1 Å². The molecule has 4 N–H and O–H groups in total. The van der Waals surface area contributed by atoms with Gasteiger partial charge in [-0.2, -0.15) is 0 Å². The van der Waals surface area contributed by atoms with Gasteiger partial charge in [0.1, 0.15) is 0 Å². The molecule has 0 aromatic heterocycles. The number of nitrogens with one attached hydrogen (secondary N) is 2. The average Bonchev–Trinajstić information content (AvgIpc) is 2.72. The van der Waals surface area contributed by atoms with Crippen LogP contribution < -0.4 is 10.6 Å². The van der Waals surface area contributed by atoms with E-state index in [4.69, 9.17) is 19.8 Å². The summed E-state index contributed by atoms with van der Waals surface area (Å²) in [7, 11) is 0. The predicted molar refractivity (Wildman–Crippen MR) is 115 cm³/mol. The Morgan fingerprint density at radius 3 is 2.10 bits per heavy atom. The van der Waals surface area contributed by atoms with Crippen molar-refractivity contribution >= 4 is 17.8 Å². The Bertz CT molecular complexity index is 840. The molecule has 2 aromatic rings. The summed E-state index contributed by atoms with van der Waals surface area (Å²) >= 11 is 0. The van der Waals surface area contributed by atoms with Gasteiger partial charge in [-0.25, -0.2) is 9.59 Å². The zero-order valence-corrected chi connectivity index (χ0v) is 17.8. The Morgan fingerprint density at radius 2 is 1.53 bits per heavy atom. The topological polar surface area (TPSA) is 116 Å². The third kappa shape index (κ3) is 8.87. The van der Waals surface area contributed by atoms with Crippen molar-refractivity contribution in [2.45, 2.75) is 39.7 Å². The normalized spacial score (nSPS) is 12.1. The molecule has 7 heteroatoms. The van der Waals surface area contributed by atoms with E-state index >= 15 is 0 Å². The number of aliphatic carboxylic acids is 2. The Hall–Kier alpha value is -3.19. The lowest BCUT2D eigenvalue weighted by Crippen LogP contribution is -2.36. The van der Waals surface area contributed by atoms with E-state index in [0.717, 1.165) is 0 Å². The molecule has 0 saturated carbocycles. The summed E-state index contributed by atoms with van der Waals surface area (Å²) in [6.45, 7) is 9.41. The minimum atomic E-state index is -1.82. The molecule has 0 fully saturated rings. The lowest BCUT2D eigenvalue weighted by Gasteiger charge is -2.18. The van der Waals surface area contributed by atoms with Gasteiger partial charge in [-0.3, -0.25) is 4.79 Å². The quantitative estimate of drug-likeness (QED) is 0.518. The Morgan fingerprint density at radius 1 is 0.933 bits per heavy atom. The molecular weight excluding hydrogens is 384 g/mol. The summed E-state index contributed by atoms with van der Waals surface area (Å²) in [6, 6.07) is 16.8. The molecule has 0 radical (unpaired) electrons. The SMILES string of the molecule is Cc1ccc(C)c(C(C)NCC(=O)NCC(C)c2ccccc2)c1.O=C(O)C(=O)O. The molecule has 2 aromatic carbocycles. The second-order valence-electron chi connectivity index (χ2n) is 7.19. The molecule has 0 aliphatic heterocycles. The van der Waals surface area contributed by atoms with E-state index in [1.165, 1.54) is 22.3 Å². The molecule has 30 heavy (non-hydrogen) atoms. The van der Waals surface area contributed by atoms with Crippen molar-refractivity contribution in [3.8, 4) is 0 Å². The highest BCUT2D eigenvalue weighted by Crippen LogP contribution is 2.18. The maximum Gasteiger partial charge on any atom is 0.414 e. The highest BCUT2D eigenvalue weighted by molar-refractivity contribution is 6.27. The first-order chi connectivity index (χ1) is 14.1. The smallest absolute Gasteiger partial charge is 0.414 e. The van der Waals surface area contributed by atoms with Crippen LogP contribution in [0.2, 0.25) is 0 Å². The molecule has 162 valence electrons. The number of carbonyl (C=O) groups excluding carboxylic acids is 1. The average molecular weight is 415 g/mol. The van der Waals surface area contributed by atoms with Crippen LogP contribution >= 0.6 is 0 Å². The molecule has 0 saturated heterocycles. The number of amides is 1. The second-order valence-corrected chi connectivity index (χ2v) is 7.19. The fourth-order valence-electron chi connectivity index (χ4n) is 2.81. The summed E-state index contributed by atoms with van der Waals surface area (Å²) in [5.41, 5.74) is 4.99. The minimum Gasteiger partial charge on any atom is -0.473 e. The maximum absolute atomic E-state index is 12.1. The van der Waals surface area contributed by atoms with Crippen LogP contribution in [0.15, 0.2) is 48.5 Å². The van der Waals surface area contributed by atoms with Gasteiger partial charge in [0.15, 0.2) is 0 Å². The van der Waals surface area contributed by atoms with E-state index in [2.05, 4.69) is 68.7 Å². The van der Waals surface area contributed by atoms with Gasteiger partial charge in [-0.05, 0) is 43.4 Å². The predicted octanol–water partition coefficient (Wildman–Crippen LogP) is 3.03. The fraction of sp³-hybridized carbons (Fsp3) is 0.348. The number of rotatable bonds is 7. The van der Waals surface area contributed by atoms with Gasteiger partial charge in [0.25, 0.3) is 0 Å². The number of hydrogen-bond donors (Lipinski definition) is 4. The summed E-state index contributed by atoms with van der Waals surface area (Å²) in [5, 5.41) is 21.1. The van der Waals surface area contributed by atoms with Crippen LogP contribution in [0.25, 0.3) is 0 Å². The number of carboxylic acids is 2. The molecule has 1 amide bonds. The van der Waals surface area contributed by atoms with Crippen LogP contribution in [0.3, 0.4) is 0 Å². The van der Waals surface area contributed by atoms with E-state index in [1.807, 2.05) is 18.2 Å². The third-order valence-electron chi connectivity index (χ3n) is 4.63. The van der Waals surface area contributed by atoms with Crippen molar-refractivity contribution in [3.05, 3.63) is 70.8 Å². The van der Waals surface area contributed by atoms with Gasteiger partial charge in [0, 0.05) is 12.6 Å². The van der Waals surface area contributed by atoms with Gasteiger partial charge in [0.2, 0.25) is 5.91 Å². The summed E-state index contributed by atoms with van der Waals surface area (Å²) in [4.78, 5) is 30.3. The maximum atomic E-state index is 12.1. The van der Waals surface area contributed by atoms with Gasteiger partial charge >= 0.3 is 11.9 Å². The Labute approximate surface area is 177 Å². The van der Waals surface area contributed by atoms with Crippen LogP contribution in [-0.4, -0.2) is 41.1 Å². The van der Waals surface area contributed by atoms with Gasteiger partial charge in [0.05, 0.1) is 6.54 Å². The molecule has 2 atom stereocenters. The molecular formula is C23H30N2O5. The molecule has 7 nitrogen and oxygen atoms in total. The van der Waals surface area contributed by atoms with E-state index in [9.17, 15) is 4.79 Å².